The van der Waals surface area contributed by atoms with Crippen molar-refractivity contribution in [3.05, 3.63) is 94.3 Å². The summed E-state index contributed by atoms with van der Waals surface area (Å²) < 4.78 is 63.7. The first kappa shape index (κ1) is 22.7. The van der Waals surface area contributed by atoms with Crippen LogP contribution < -0.4 is 10.3 Å². The molecule has 4 rings (SSSR count). The Morgan fingerprint density at radius 1 is 0.909 bits per heavy atom. The van der Waals surface area contributed by atoms with Crippen LogP contribution >= 0.6 is 0 Å². The zero-order chi connectivity index (χ0) is 23.6. The van der Waals surface area contributed by atoms with Crippen LogP contribution in [0.5, 0.6) is 0 Å². The molecule has 6 nitrogen and oxygen atoms in total. The summed E-state index contributed by atoms with van der Waals surface area (Å²) in [5.74, 6) is 0. The Morgan fingerprint density at radius 2 is 1.61 bits per heavy atom. The number of alkyl halides is 3. The SMILES string of the molecule is O=c1c2ccccc2c(-c2cccc(CCN[SH](=O)=O)c2)nn1-c1ccc(C(F)(F)F)cc1. The van der Waals surface area contributed by atoms with Gasteiger partial charge in [-0.1, -0.05) is 36.4 Å². The van der Waals surface area contributed by atoms with Gasteiger partial charge in [0.15, 0.2) is 0 Å². The van der Waals surface area contributed by atoms with Crippen LogP contribution in [0.2, 0.25) is 0 Å². The molecule has 170 valence electrons. The summed E-state index contributed by atoms with van der Waals surface area (Å²) in [6, 6.07) is 18.4. The lowest BCUT2D eigenvalue weighted by molar-refractivity contribution is -0.137. The Hall–Kier alpha value is -3.50. The molecule has 0 aliphatic heterocycles. The summed E-state index contributed by atoms with van der Waals surface area (Å²) in [4.78, 5) is 13.1. The van der Waals surface area contributed by atoms with Gasteiger partial charge in [0.05, 0.1) is 22.3 Å². The minimum Gasteiger partial charge on any atom is -0.267 e. The van der Waals surface area contributed by atoms with Gasteiger partial charge in [-0.05, 0) is 48.4 Å². The van der Waals surface area contributed by atoms with E-state index in [1.165, 1.54) is 12.1 Å². The number of thiol groups is 1. The first-order chi connectivity index (χ1) is 15.7. The van der Waals surface area contributed by atoms with Crippen LogP contribution in [0.25, 0.3) is 27.7 Å². The highest BCUT2D eigenvalue weighted by Crippen LogP contribution is 2.30. The highest BCUT2D eigenvalue weighted by Gasteiger charge is 2.30. The molecule has 0 aliphatic carbocycles. The van der Waals surface area contributed by atoms with Crippen LogP contribution in [-0.2, 0) is 23.5 Å². The standard InChI is InChI=1S/C23H18F3N3O3S/c24-23(25,26)17-8-10-18(11-9-17)29-22(30)20-7-2-1-6-19(20)21(28-29)16-5-3-4-15(14-16)12-13-27-33(31)32/h1-11,14,33H,12-13H2,(H,27,31,32). The van der Waals surface area contributed by atoms with Crippen molar-refractivity contribution in [2.75, 3.05) is 6.54 Å². The lowest BCUT2D eigenvalue weighted by atomic mass is 10.0. The van der Waals surface area contributed by atoms with Crippen LogP contribution in [-0.4, -0.2) is 24.7 Å². The fraction of sp³-hybridized carbons (Fsp3) is 0.130. The number of nitrogens with one attached hydrogen (secondary N) is 1. The Kier molecular flexibility index (Phi) is 6.30. The maximum Gasteiger partial charge on any atom is 0.416 e. The van der Waals surface area contributed by atoms with Gasteiger partial charge < -0.3 is 0 Å². The third-order valence-electron chi connectivity index (χ3n) is 5.10. The monoisotopic (exact) mass is 473 g/mol. The maximum absolute atomic E-state index is 13.1. The molecule has 0 amide bonds. The minimum atomic E-state index is -4.49. The van der Waals surface area contributed by atoms with Gasteiger partial charge in [-0.15, -0.1) is 0 Å². The molecule has 10 heteroatoms. The molecule has 33 heavy (non-hydrogen) atoms. The van der Waals surface area contributed by atoms with E-state index in [4.69, 9.17) is 0 Å². The van der Waals surface area contributed by atoms with Crippen molar-refractivity contribution in [1.82, 2.24) is 14.5 Å². The van der Waals surface area contributed by atoms with Crippen molar-refractivity contribution in [1.29, 1.82) is 0 Å². The molecule has 0 unspecified atom stereocenters. The molecule has 1 heterocycles. The zero-order valence-electron chi connectivity index (χ0n) is 17.0. The topological polar surface area (TPSA) is 81.1 Å². The van der Waals surface area contributed by atoms with Crippen LogP contribution in [0.1, 0.15) is 11.1 Å². The van der Waals surface area contributed by atoms with Gasteiger partial charge in [-0.3, -0.25) is 4.79 Å². The second kappa shape index (κ2) is 9.16. The molecule has 1 N–H and O–H groups in total. The Morgan fingerprint density at radius 3 is 2.27 bits per heavy atom. The van der Waals surface area contributed by atoms with Gasteiger partial charge in [0.25, 0.3) is 5.56 Å². The molecule has 1 aromatic heterocycles. The molecule has 4 aromatic rings. The summed E-state index contributed by atoms with van der Waals surface area (Å²) in [6.07, 6.45) is -4.03. The highest BCUT2D eigenvalue weighted by atomic mass is 32.2. The molecule has 0 aliphatic rings. The van der Waals surface area contributed by atoms with Gasteiger partial charge in [0.2, 0.25) is 10.9 Å². The zero-order valence-corrected chi connectivity index (χ0v) is 17.9. The number of aromatic nitrogens is 2. The van der Waals surface area contributed by atoms with E-state index in [2.05, 4.69) is 9.82 Å². The molecule has 0 bridgehead atoms. The van der Waals surface area contributed by atoms with E-state index in [9.17, 15) is 26.4 Å². The summed E-state index contributed by atoms with van der Waals surface area (Å²) in [5.41, 5.74) is 0.968. The Balaban J connectivity index is 1.83. The summed E-state index contributed by atoms with van der Waals surface area (Å²) in [6.45, 7) is 0.237. The number of rotatable bonds is 6. The summed E-state index contributed by atoms with van der Waals surface area (Å²) in [5, 5.41) is 5.47. The maximum atomic E-state index is 13.1. The van der Waals surface area contributed by atoms with E-state index >= 15 is 0 Å². The van der Waals surface area contributed by atoms with E-state index in [0.717, 1.165) is 22.4 Å². The summed E-state index contributed by atoms with van der Waals surface area (Å²) in [7, 11) is -2.69. The van der Waals surface area contributed by atoms with E-state index in [1.54, 1.807) is 36.4 Å². The molecule has 0 saturated heterocycles. The van der Waals surface area contributed by atoms with Crippen molar-refractivity contribution >= 4 is 21.7 Å². The molecular weight excluding hydrogens is 455 g/mol. The third kappa shape index (κ3) is 4.96. The number of halogens is 3. The minimum absolute atomic E-state index is 0.208. The molecule has 0 saturated carbocycles. The van der Waals surface area contributed by atoms with E-state index in [1.807, 2.05) is 12.1 Å². The summed E-state index contributed by atoms with van der Waals surface area (Å²) >= 11 is 0. The quantitative estimate of drug-likeness (QED) is 0.418. The molecule has 0 atom stereocenters. The number of hydrogen-bond acceptors (Lipinski definition) is 4. The van der Waals surface area contributed by atoms with Crippen LogP contribution in [0.4, 0.5) is 13.2 Å². The lowest BCUT2D eigenvalue weighted by Crippen LogP contribution is -2.22. The van der Waals surface area contributed by atoms with Crippen molar-refractivity contribution < 1.29 is 21.6 Å². The number of hydrogen-bond donors (Lipinski definition) is 2. The largest absolute Gasteiger partial charge is 0.416 e. The second-order valence-electron chi connectivity index (χ2n) is 7.27. The van der Waals surface area contributed by atoms with Crippen molar-refractivity contribution in [2.45, 2.75) is 12.6 Å². The lowest BCUT2D eigenvalue weighted by Gasteiger charge is -2.13. The Bertz CT molecular complexity index is 1440. The van der Waals surface area contributed by atoms with Crippen LogP contribution in [0.15, 0.2) is 77.6 Å². The number of fused-ring (bicyclic) bond motifs is 1. The van der Waals surface area contributed by atoms with E-state index < -0.39 is 28.2 Å². The third-order valence-corrected chi connectivity index (χ3v) is 5.58. The normalized spacial score (nSPS) is 11.9. The fourth-order valence-corrected chi connectivity index (χ4v) is 3.83. The molecule has 3 aromatic carbocycles. The van der Waals surface area contributed by atoms with E-state index in [-0.39, 0.29) is 12.2 Å². The van der Waals surface area contributed by atoms with Crippen LogP contribution in [0, 0.1) is 0 Å². The molecule has 0 spiro atoms. The number of nitrogens with zero attached hydrogens (tertiary/aromatic N) is 2. The van der Waals surface area contributed by atoms with Gasteiger partial charge in [-0.2, -0.15) is 23.0 Å². The smallest absolute Gasteiger partial charge is 0.267 e. The van der Waals surface area contributed by atoms with Crippen molar-refractivity contribution in [3.63, 3.8) is 0 Å². The molecule has 0 radical (unpaired) electrons. The van der Waals surface area contributed by atoms with Gasteiger partial charge >= 0.3 is 6.18 Å². The average molecular weight is 473 g/mol. The van der Waals surface area contributed by atoms with Gasteiger partial charge in [0.1, 0.15) is 0 Å². The predicted molar refractivity (Wildman–Crippen MR) is 120 cm³/mol. The molecule has 0 fully saturated rings. The van der Waals surface area contributed by atoms with Crippen molar-refractivity contribution in [2.24, 2.45) is 0 Å². The second-order valence-corrected chi connectivity index (χ2v) is 8.10. The molecular formula is C23H18F3N3O3S. The van der Waals surface area contributed by atoms with Gasteiger partial charge in [0, 0.05) is 17.5 Å². The first-order valence-electron chi connectivity index (χ1n) is 9.91. The van der Waals surface area contributed by atoms with Crippen molar-refractivity contribution in [3.8, 4) is 16.9 Å². The van der Waals surface area contributed by atoms with E-state index in [0.29, 0.717) is 28.5 Å². The predicted octanol–water partition coefficient (Wildman–Crippen LogP) is 3.73. The van der Waals surface area contributed by atoms with Gasteiger partial charge in [-0.25, -0.2) is 13.1 Å². The van der Waals surface area contributed by atoms with Crippen LogP contribution in [0.3, 0.4) is 0 Å². The number of benzene rings is 3. The average Bonchev–Trinajstić information content (AvgIpc) is 2.79. The Labute approximate surface area is 188 Å². The highest BCUT2D eigenvalue weighted by molar-refractivity contribution is 7.70. The fourth-order valence-electron chi connectivity index (χ4n) is 3.53. The first-order valence-corrected chi connectivity index (χ1v) is 11.1.